The molecule has 1 heterocycles. The Kier molecular flexibility index (Phi) is 7.54. The summed E-state index contributed by atoms with van der Waals surface area (Å²) in [6.45, 7) is 1.97. The quantitative estimate of drug-likeness (QED) is 0.641. The zero-order valence-corrected chi connectivity index (χ0v) is 17.8. The average molecular weight is 411 g/mol. The lowest BCUT2D eigenvalue weighted by Gasteiger charge is -2.43. The summed E-state index contributed by atoms with van der Waals surface area (Å²) in [7, 11) is -3.48. The SMILES string of the molecule is CC1(CS(=O)(=O)c2ccccc2)COC2(CCCCCCCCCCC2)OO1. The van der Waals surface area contributed by atoms with Crippen molar-refractivity contribution in [2.75, 3.05) is 12.4 Å². The normalized spacial score (nSPS) is 27.6. The van der Waals surface area contributed by atoms with Gasteiger partial charge in [0.25, 0.3) is 0 Å². The van der Waals surface area contributed by atoms with Crippen molar-refractivity contribution in [2.24, 2.45) is 0 Å². The Bertz CT molecular complexity index is 679. The topological polar surface area (TPSA) is 61.8 Å². The number of ether oxygens (including phenoxy) is 1. The van der Waals surface area contributed by atoms with Gasteiger partial charge in [0.15, 0.2) is 9.84 Å². The molecule has 1 unspecified atom stereocenters. The first kappa shape index (κ1) is 21.8. The third-order valence-electron chi connectivity index (χ3n) is 5.75. The van der Waals surface area contributed by atoms with Gasteiger partial charge in [-0.05, 0) is 31.9 Å². The Labute approximate surface area is 169 Å². The molecular formula is C22H34O5S. The molecule has 1 atom stereocenters. The number of hydrogen-bond donors (Lipinski definition) is 0. The molecule has 1 aromatic rings. The van der Waals surface area contributed by atoms with Gasteiger partial charge in [0.05, 0.1) is 17.3 Å². The van der Waals surface area contributed by atoms with Crippen LogP contribution in [0.4, 0.5) is 0 Å². The molecule has 1 saturated carbocycles. The highest BCUT2D eigenvalue weighted by Crippen LogP contribution is 2.37. The lowest BCUT2D eigenvalue weighted by atomic mass is 9.96. The second-order valence-corrected chi connectivity index (χ2v) is 10.6. The first-order valence-corrected chi connectivity index (χ1v) is 12.4. The number of hydrogen-bond acceptors (Lipinski definition) is 5. The van der Waals surface area contributed by atoms with Gasteiger partial charge >= 0.3 is 0 Å². The van der Waals surface area contributed by atoms with Crippen molar-refractivity contribution >= 4 is 9.84 Å². The highest BCUT2D eigenvalue weighted by Gasteiger charge is 2.46. The van der Waals surface area contributed by atoms with Gasteiger partial charge in [0.1, 0.15) is 5.60 Å². The molecule has 0 aromatic heterocycles. The molecule has 1 saturated heterocycles. The number of sulfone groups is 1. The maximum Gasteiger partial charge on any atom is 0.201 e. The van der Waals surface area contributed by atoms with Crippen molar-refractivity contribution in [3.8, 4) is 0 Å². The highest BCUT2D eigenvalue weighted by molar-refractivity contribution is 7.91. The fourth-order valence-corrected chi connectivity index (χ4v) is 5.74. The van der Waals surface area contributed by atoms with E-state index < -0.39 is 21.2 Å². The van der Waals surface area contributed by atoms with Crippen molar-refractivity contribution in [3.63, 3.8) is 0 Å². The van der Waals surface area contributed by atoms with E-state index in [-0.39, 0.29) is 12.4 Å². The molecule has 0 amide bonds. The van der Waals surface area contributed by atoms with E-state index in [4.69, 9.17) is 14.5 Å². The smallest absolute Gasteiger partial charge is 0.201 e. The summed E-state index contributed by atoms with van der Waals surface area (Å²) in [6, 6.07) is 8.47. The van der Waals surface area contributed by atoms with E-state index in [0.29, 0.717) is 4.90 Å². The maximum absolute atomic E-state index is 12.7. The minimum Gasteiger partial charge on any atom is -0.344 e. The van der Waals surface area contributed by atoms with Crippen molar-refractivity contribution < 1.29 is 22.9 Å². The Morgan fingerprint density at radius 2 is 1.36 bits per heavy atom. The van der Waals surface area contributed by atoms with Crippen LogP contribution in [-0.4, -0.2) is 32.2 Å². The van der Waals surface area contributed by atoms with Crippen LogP contribution in [0.1, 0.15) is 77.6 Å². The molecule has 1 aliphatic carbocycles. The third kappa shape index (κ3) is 6.02. The van der Waals surface area contributed by atoms with E-state index >= 15 is 0 Å². The van der Waals surface area contributed by atoms with Gasteiger partial charge in [-0.2, -0.15) is 0 Å². The maximum atomic E-state index is 12.7. The molecular weight excluding hydrogens is 376 g/mol. The highest BCUT2D eigenvalue weighted by atomic mass is 32.2. The molecule has 1 spiro atoms. The summed E-state index contributed by atoms with van der Waals surface area (Å²) in [5, 5.41) is 0. The summed E-state index contributed by atoms with van der Waals surface area (Å²) in [6.07, 6.45) is 12.5. The summed E-state index contributed by atoms with van der Waals surface area (Å²) < 4.78 is 31.7. The van der Waals surface area contributed by atoms with Crippen LogP contribution < -0.4 is 0 Å². The molecule has 0 N–H and O–H groups in total. The van der Waals surface area contributed by atoms with Gasteiger partial charge in [-0.1, -0.05) is 63.1 Å². The Morgan fingerprint density at radius 3 is 1.86 bits per heavy atom. The van der Waals surface area contributed by atoms with E-state index in [0.717, 1.165) is 25.7 Å². The monoisotopic (exact) mass is 410 g/mol. The molecule has 5 nitrogen and oxygen atoms in total. The van der Waals surface area contributed by atoms with Crippen LogP contribution in [0.15, 0.2) is 35.2 Å². The lowest BCUT2D eigenvalue weighted by molar-refractivity contribution is -0.508. The summed E-state index contributed by atoms with van der Waals surface area (Å²) in [5.41, 5.74) is -1.01. The molecule has 0 bridgehead atoms. The van der Waals surface area contributed by atoms with Crippen molar-refractivity contribution in [1.82, 2.24) is 0 Å². The largest absolute Gasteiger partial charge is 0.344 e. The van der Waals surface area contributed by atoms with E-state index in [1.807, 2.05) is 0 Å². The predicted molar refractivity (Wildman–Crippen MR) is 109 cm³/mol. The molecule has 6 heteroatoms. The van der Waals surface area contributed by atoms with Crippen LogP contribution in [0.5, 0.6) is 0 Å². The lowest BCUT2D eigenvalue weighted by Crippen LogP contribution is -2.53. The molecule has 158 valence electrons. The second-order valence-electron chi connectivity index (χ2n) is 8.57. The van der Waals surface area contributed by atoms with Crippen molar-refractivity contribution in [1.29, 1.82) is 0 Å². The van der Waals surface area contributed by atoms with Crippen LogP contribution >= 0.6 is 0 Å². The third-order valence-corrected chi connectivity index (χ3v) is 7.73. The summed E-state index contributed by atoms with van der Waals surface area (Å²) in [5.74, 6) is -0.894. The number of benzene rings is 1. The summed E-state index contributed by atoms with van der Waals surface area (Å²) >= 11 is 0. The summed E-state index contributed by atoms with van der Waals surface area (Å²) in [4.78, 5) is 11.9. The van der Waals surface area contributed by atoms with Crippen LogP contribution in [0, 0.1) is 0 Å². The van der Waals surface area contributed by atoms with Crippen molar-refractivity contribution in [2.45, 2.75) is 93.8 Å². The molecule has 2 fully saturated rings. The first-order valence-electron chi connectivity index (χ1n) is 10.7. The Hall–Kier alpha value is -0.950. The van der Waals surface area contributed by atoms with Gasteiger partial charge in [0.2, 0.25) is 5.79 Å². The van der Waals surface area contributed by atoms with Gasteiger partial charge in [-0.15, -0.1) is 0 Å². The molecule has 2 aliphatic rings. The van der Waals surface area contributed by atoms with Crippen molar-refractivity contribution in [3.05, 3.63) is 30.3 Å². The van der Waals surface area contributed by atoms with Gasteiger partial charge in [0, 0.05) is 12.8 Å². The van der Waals surface area contributed by atoms with Gasteiger partial charge in [-0.3, -0.25) is 0 Å². The van der Waals surface area contributed by atoms with Gasteiger partial charge in [-0.25, -0.2) is 18.2 Å². The van der Waals surface area contributed by atoms with Crippen LogP contribution in [0.3, 0.4) is 0 Å². The molecule has 28 heavy (non-hydrogen) atoms. The standard InChI is InChI=1S/C22H34O5S/c1-21(19-28(23,24)20-14-10-9-11-15-20)18-25-22(27-26-21)16-12-7-5-3-2-4-6-8-13-17-22/h9-11,14-15H,2-8,12-13,16-19H2,1H3. The first-order chi connectivity index (χ1) is 13.4. The Morgan fingerprint density at radius 1 is 0.821 bits per heavy atom. The van der Waals surface area contributed by atoms with E-state index in [9.17, 15) is 8.42 Å². The predicted octanol–water partition coefficient (Wildman–Crippen LogP) is 5.20. The average Bonchev–Trinajstić information content (AvgIpc) is 2.67. The van der Waals surface area contributed by atoms with E-state index in [1.165, 1.54) is 44.9 Å². The molecule has 0 radical (unpaired) electrons. The molecule has 3 rings (SSSR count). The van der Waals surface area contributed by atoms with E-state index in [2.05, 4.69) is 0 Å². The van der Waals surface area contributed by atoms with E-state index in [1.54, 1.807) is 37.3 Å². The van der Waals surface area contributed by atoms with Gasteiger partial charge < -0.3 is 4.74 Å². The van der Waals surface area contributed by atoms with Crippen LogP contribution in [-0.2, 0) is 24.3 Å². The fourth-order valence-electron chi connectivity index (χ4n) is 4.07. The van der Waals surface area contributed by atoms with Crippen LogP contribution in [0.2, 0.25) is 0 Å². The zero-order valence-electron chi connectivity index (χ0n) is 17.0. The van der Waals surface area contributed by atoms with Crippen LogP contribution in [0.25, 0.3) is 0 Å². The fraction of sp³-hybridized carbons (Fsp3) is 0.727. The minimum absolute atomic E-state index is 0.167. The number of rotatable bonds is 3. The minimum atomic E-state index is -3.48. The Balaban J connectivity index is 1.61. The zero-order chi connectivity index (χ0) is 19.9. The molecule has 1 aliphatic heterocycles. The molecule has 1 aromatic carbocycles. The second kappa shape index (κ2) is 9.70.